The Morgan fingerprint density at radius 3 is 2.59 bits per heavy atom. The van der Waals surface area contributed by atoms with E-state index in [1.165, 1.54) is 12.1 Å². The van der Waals surface area contributed by atoms with Crippen LogP contribution in [-0.2, 0) is 25.6 Å². The Kier molecular flexibility index (Phi) is 6.84. The zero-order chi connectivity index (χ0) is 19.8. The molecule has 0 saturated carbocycles. The molecule has 0 bridgehead atoms. The lowest BCUT2D eigenvalue weighted by Crippen LogP contribution is -2.31. The van der Waals surface area contributed by atoms with Crippen molar-refractivity contribution >= 4 is 29.2 Å². The molecule has 142 valence electrons. The van der Waals surface area contributed by atoms with Crippen molar-refractivity contribution in [3.63, 3.8) is 0 Å². The fourth-order valence-electron chi connectivity index (χ4n) is 2.61. The number of amides is 2. The molecule has 1 fully saturated rings. The number of nitro benzene ring substituents is 1. The van der Waals surface area contributed by atoms with Gasteiger partial charge in [-0.15, -0.1) is 5.06 Å². The molecule has 1 heterocycles. The number of hydrogen-bond donors (Lipinski definition) is 0. The number of carbonyl (C=O) groups excluding carboxylic acids is 3. The summed E-state index contributed by atoms with van der Waals surface area (Å²) in [5, 5.41) is 15.0. The summed E-state index contributed by atoms with van der Waals surface area (Å²) in [5.74, 6) is -1.71. The molecule has 1 aliphatic rings. The highest BCUT2D eigenvalue weighted by Gasteiger charge is 2.32. The van der Waals surface area contributed by atoms with Crippen molar-refractivity contribution in [1.29, 1.82) is 0 Å². The van der Waals surface area contributed by atoms with Gasteiger partial charge in [-0.2, -0.15) is 0 Å². The predicted octanol–water partition coefficient (Wildman–Crippen LogP) is 3.25. The molecule has 2 amide bonds. The number of unbranched alkanes of at least 4 members (excludes halogenated alkanes) is 2. The lowest BCUT2D eigenvalue weighted by atomic mass is 10.0. The van der Waals surface area contributed by atoms with Gasteiger partial charge in [-0.1, -0.05) is 23.7 Å². The van der Waals surface area contributed by atoms with Crippen molar-refractivity contribution in [2.75, 3.05) is 0 Å². The lowest BCUT2D eigenvalue weighted by Gasteiger charge is -2.12. The minimum atomic E-state index is -0.664. The van der Waals surface area contributed by atoms with Gasteiger partial charge in [-0.25, -0.2) is 4.79 Å². The molecule has 11 nitrogen and oxygen atoms in total. The molecule has 27 heavy (non-hydrogen) atoms. The smallest absolute Gasteiger partial charge is 0.330 e. The molecule has 0 aromatic heterocycles. The fraction of sp³-hybridized carbons (Fsp3) is 0.438. The summed E-state index contributed by atoms with van der Waals surface area (Å²) in [4.78, 5) is 52.3. The van der Waals surface area contributed by atoms with Gasteiger partial charge in [0.2, 0.25) is 0 Å². The van der Waals surface area contributed by atoms with Gasteiger partial charge in [0.15, 0.2) is 0 Å². The van der Waals surface area contributed by atoms with Crippen LogP contribution in [0.5, 0.6) is 0 Å². The molecule has 1 aromatic carbocycles. The fourth-order valence-corrected chi connectivity index (χ4v) is 2.61. The first-order valence-corrected chi connectivity index (χ1v) is 8.31. The highest BCUT2D eigenvalue weighted by molar-refractivity contribution is 6.01. The van der Waals surface area contributed by atoms with Gasteiger partial charge < -0.3 is 4.84 Å². The van der Waals surface area contributed by atoms with Gasteiger partial charge in [0.05, 0.1) is 4.92 Å². The van der Waals surface area contributed by atoms with E-state index in [4.69, 9.17) is 10.4 Å². The molecule has 0 spiro atoms. The van der Waals surface area contributed by atoms with Crippen molar-refractivity contribution in [2.24, 2.45) is 5.11 Å². The Balaban J connectivity index is 1.77. The summed E-state index contributed by atoms with van der Waals surface area (Å²) >= 11 is 0. The number of nitro groups is 1. The SMILES string of the molecule is [N-]=[N+]=Nc1ccc(CCCCCC(=O)ON2C(=O)CCC2=O)c([N+](=O)[O-])c1. The number of aryl methyl sites for hydroxylation is 1. The maximum absolute atomic E-state index is 11.7. The first-order valence-electron chi connectivity index (χ1n) is 8.31. The molecule has 1 aliphatic heterocycles. The minimum Gasteiger partial charge on any atom is -0.330 e. The van der Waals surface area contributed by atoms with E-state index in [-0.39, 0.29) is 30.6 Å². The van der Waals surface area contributed by atoms with Gasteiger partial charge in [0.1, 0.15) is 0 Å². The number of hydroxylamine groups is 2. The molecule has 0 atom stereocenters. The third kappa shape index (κ3) is 5.51. The van der Waals surface area contributed by atoms with Crippen molar-refractivity contribution < 1.29 is 24.1 Å². The van der Waals surface area contributed by atoms with Crippen LogP contribution >= 0.6 is 0 Å². The van der Waals surface area contributed by atoms with Gasteiger partial charge in [-0.3, -0.25) is 19.7 Å². The van der Waals surface area contributed by atoms with Gasteiger partial charge >= 0.3 is 5.97 Å². The Bertz CT molecular complexity index is 802. The maximum atomic E-state index is 11.7. The second-order valence-electron chi connectivity index (χ2n) is 5.87. The Morgan fingerprint density at radius 1 is 1.26 bits per heavy atom. The zero-order valence-corrected chi connectivity index (χ0v) is 14.4. The first-order chi connectivity index (χ1) is 12.9. The van der Waals surface area contributed by atoms with Crippen molar-refractivity contribution in [1.82, 2.24) is 5.06 Å². The lowest BCUT2D eigenvalue weighted by molar-refractivity contribution is -0.385. The van der Waals surface area contributed by atoms with E-state index < -0.39 is 22.7 Å². The van der Waals surface area contributed by atoms with E-state index in [9.17, 15) is 24.5 Å². The largest absolute Gasteiger partial charge is 0.333 e. The minimum absolute atomic E-state index is 0.0367. The summed E-state index contributed by atoms with van der Waals surface area (Å²) in [6, 6.07) is 4.26. The van der Waals surface area contributed by atoms with Crippen LogP contribution in [0.4, 0.5) is 11.4 Å². The van der Waals surface area contributed by atoms with Crippen LogP contribution in [-0.4, -0.2) is 27.8 Å². The van der Waals surface area contributed by atoms with Crippen molar-refractivity contribution in [2.45, 2.75) is 44.9 Å². The van der Waals surface area contributed by atoms with Crippen LogP contribution in [0.2, 0.25) is 0 Å². The maximum Gasteiger partial charge on any atom is 0.333 e. The zero-order valence-electron chi connectivity index (χ0n) is 14.4. The summed E-state index contributed by atoms with van der Waals surface area (Å²) in [6.45, 7) is 0. The molecular weight excluding hydrogens is 358 g/mol. The molecule has 0 aliphatic carbocycles. The summed E-state index contributed by atoms with van der Waals surface area (Å²) in [7, 11) is 0. The number of rotatable bonds is 9. The highest BCUT2D eigenvalue weighted by atomic mass is 16.7. The number of benzene rings is 1. The van der Waals surface area contributed by atoms with Crippen molar-refractivity contribution in [3.8, 4) is 0 Å². The number of azide groups is 1. The molecule has 1 saturated heterocycles. The normalized spacial score (nSPS) is 13.4. The molecule has 0 N–H and O–H groups in total. The molecule has 0 unspecified atom stereocenters. The quantitative estimate of drug-likeness (QED) is 0.123. The van der Waals surface area contributed by atoms with Crippen LogP contribution in [0.25, 0.3) is 10.4 Å². The molecule has 11 heteroatoms. The highest BCUT2D eigenvalue weighted by Crippen LogP contribution is 2.26. The Labute approximate surface area is 153 Å². The van der Waals surface area contributed by atoms with E-state index in [1.807, 2.05) is 0 Å². The first kappa shape index (κ1) is 19.9. The molecule has 1 aromatic rings. The third-order valence-corrected chi connectivity index (χ3v) is 3.95. The monoisotopic (exact) mass is 375 g/mol. The standard InChI is InChI=1S/C16H17N5O6/c17-19-18-12-7-6-11(13(10-12)21(25)26)4-2-1-3-5-16(24)27-20-14(22)8-9-15(20)23/h6-7,10H,1-5,8-9H2. The van der Waals surface area contributed by atoms with Gasteiger partial charge in [0, 0.05) is 41.5 Å². The van der Waals surface area contributed by atoms with Gasteiger partial charge in [-0.05, 0) is 24.8 Å². The third-order valence-electron chi connectivity index (χ3n) is 3.95. The van der Waals surface area contributed by atoms with Crippen LogP contribution < -0.4 is 0 Å². The molecular formula is C16H17N5O6. The molecule has 2 rings (SSSR count). The van der Waals surface area contributed by atoms with Crippen molar-refractivity contribution in [3.05, 3.63) is 44.3 Å². The second-order valence-corrected chi connectivity index (χ2v) is 5.87. The average molecular weight is 375 g/mol. The number of carbonyl (C=O) groups is 3. The van der Waals surface area contributed by atoms with Crippen LogP contribution in [0, 0.1) is 10.1 Å². The average Bonchev–Trinajstić information content (AvgIpc) is 2.94. The van der Waals surface area contributed by atoms with E-state index in [0.717, 1.165) is 0 Å². The summed E-state index contributed by atoms with van der Waals surface area (Å²) < 4.78 is 0. The van der Waals surface area contributed by atoms with Gasteiger partial charge in [0.25, 0.3) is 17.5 Å². The van der Waals surface area contributed by atoms with E-state index >= 15 is 0 Å². The number of hydrogen-bond acceptors (Lipinski definition) is 7. The van der Waals surface area contributed by atoms with E-state index in [0.29, 0.717) is 36.3 Å². The summed E-state index contributed by atoms with van der Waals surface area (Å²) in [6.07, 6.45) is 2.20. The Morgan fingerprint density at radius 2 is 1.96 bits per heavy atom. The van der Waals surface area contributed by atoms with Crippen LogP contribution in [0.1, 0.15) is 44.1 Å². The van der Waals surface area contributed by atoms with Crippen LogP contribution in [0.3, 0.4) is 0 Å². The number of nitrogens with zero attached hydrogens (tertiary/aromatic N) is 5. The topological polar surface area (TPSA) is 156 Å². The van der Waals surface area contributed by atoms with E-state index in [1.54, 1.807) is 6.07 Å². The van der Waals surface area contributed by atoms with Crippen LogP contribution in [0.15, 0.2) is 23.3 Å². The Hall–Kier alpha value is -3.46. The number of imide groups is 1. The predicted molar refractivity (Wildman–Crippen MR) is 91.3 cm³/mol. The summed E-state index contributed by atoms with van der Waals surface area (Å²) in [5.41, 5.74) is 8.95. The molecule has 0 radical (unpaired) electrons. The second kappa shape index (κ2) is 9.30. The van der Waals surface area contributed by atoms with E-state index in [2.05, 4.69) is 10.0 Å².